The van der Waals surface area contributed by atoms with E-state index in [2.05, 4.69) is 16.0 Å². The lowest BCUT2D eigenvalue weighted by Crippen LogP contribution is -2.49. The van der Waals surface area contributed by atoms with E-state index >= 15 is 0 Å². The number of esters is 1. The van der Waals surface area contributed by atoms with Crippen LogP contribution in [0.3, 0.4) is 0 Å². The molecule has 0 aromatic heterocycles. The van der Waals surface area contributed by atoms with Gasteiger partial charge in [-0.25, -0.2) is 9.59 Å². The SMILES string of the molecule is Cc1ccc(C(=O)N[C@H](C(=O)OC(C)C(=O)NC(=O)NC2CC2)C(C)C)cc1. The first-order valence-electron chi connectivity index (χ1n) is 9.36. The fourth-order valence-corrected chi connectivity index (χ4v) is 2.39. The number of hydrogen-bond acceptors (Lipinski definition) is 5. The highest BCUT2D eigenvalue weighted by atomic mass is 16.5. The predicted octanol–water partition coefficient (Wildman–Crippen LogP) is 1.67. The van der Waals surface area contributed by atoms with E-state index in [-0.39, 0.29) is 12.0 Å². The average molecular weight is 389 g/mol. The molecule has 1 aromatic rings. The smallest absolute Gasteiger partial charge is 0.329 e. The number of benzene rings is 1. The van der Waals surface area contributed by atoms with Crippen molar-refractivity contribution in [1.82, 2.24) is 16.0 Å². The summed E-state index contributed by atoms with van der Waals surface area (Å²) in [6.07, 6.45) is 0.612. The Morgan fingerprint density at radius 2 is 1.64 bits per heavy atom. The molecule has 0 bridgehead atoms. The van der Waals surface area contributed by atoms with Crippen LogP contribution in [0.25, 0.3) is 0 Å². The molecular weight excluding hydrogens is 362 g/mol. The van der Waals surface area contributed by atoms with Gasteiger partial charge in [-0.05, 0) is 44.7 Å². The van der Waals surface area contributed by atoms with Crippen LogP contribution < -0.4 is 16.0 Å². The maximum absolute atomic E-state index is 12.5. The van der Waals surface area contributed by atoms with Gasteiger partial charge in [0.15, 0.2) is 6.10 Å². The topological polar surface area (TPSA) is 114 Å². The van der Waals surface area contributed by atoms with Crippen LogP contribution in [-0.4, -0.2) is 42.0 Å². The van der Waals surface area contributed by atoms with Crippen LogP contribution in [0, 0.1) is 12.8 Å². The van der Waals surface area contributed by atoms with Crippen LogP contribution in [0.15, 0.2) is 24.3 Å². The Morgan fingerprint density at radius 1 is 1.04 bits per heavy atom. The van der Waals surface area contributed by atoms with Gasteiger partial charge in [0.1, 0.15) is 6.04 Å². The fraction of sp³-hybridized carbons (Fsp3) is 0.500. The number of ether oxygens (including phenoxy) is 1. The van der Waals surface area contributed by atoms with Crippen LogP contribution >= 0.6 is 0 Å². The molecule has 152 valence electrons. The summed E-state index contributed by atoms with van der Waals surface area (Å²) in [4.78, 5) is 48.5. The summed E-state index contributed by atoms with van der Waals surface area (Å²) in [5.41, 5.74) is 1.44. The number of rotatable bonds is 7. The third-order valence-corrected chi connectivity index (χ3v) is 4.33. The van der Waals surface area contributed by atoms with E-state index in [1.54, 1.807) is 38.1 Å². The average Bonchev–Trinajstić information content (AvgIpc) is 3.43. The third-order valence-electron chi connectivity index (χ3n) is 4.33. The van der Waals surface area contributed by atoms with Crippen LogP contribution in [0.4, 0.5) is 4.79 Å². The Morgan fingerprint density at radius 3 is 2.18 bits per heavy atom. The Hall–Kier alpha value is -2.90. The summed E-state index contributed by atoms with van der Waals surface area (Å²) in [5, 5.41) is 7.40. The van der Waals surface area contributed by atoms with Crippen molar-refractivity contribution >= 4 is 23.8 Å². The number of nitrogens with one attached hydrogen (secondary N) is 3. The van der Waals surface area contributed by atoms with Crippen LogP contribution in [-0.2, 0) is 14.3 Å². The van der Waals surface area contributed by atoms with Gasteiger partial charge in [0.2, 0.25) is 0 Å². The van der Waals surface area contributed by atoms with E-state index in [9.17, 15) is 19.2 Å². The molecule has 0 aliphatic heterocycles. The third kappa shape index (κ3) is 6.37. The molecule has 1 aliphatic rings. The molecular formula is C20H27N3O5. The second-order valence-corrected chi connectivity index (χ2v) is 7.38. The number of aryl methyl sites for hydroxylation is 1. The molecule has 1 aliphatic carbocycles. The number of hydrogen-bond donors (Lipinski definition) is 3. The minimum atomic E-state index is -1.17. The number of amides is 4. The van der Waals surface area contributed by atoms with Gasteiger partial charge in [-0.1, -0.05) is 31.5 Å². The molecule has 3 N–H and O–H groups in total. The number of imide groups is 1. The van der Waals surface area contributed by atoms with E-state index in [1.807, 2.05) is 6.92 Å². The first-order chi connectivity index (χ1) is 13.2. The van der Waals surface area contributed by atoms with E-state index < -0.39 is 36.0 Å². The fourth-order valence-electron chi connectivity index (χ4n) is 2.39. The van der Waals surface area contributed by atoms with Crippen LogP contribution in [0.2, 0.25) is 0 Å². The normalized spacial score (nSPS) is 15.3. The highest BCUT2D eigenvalue weighted by Crippen LogP contribution is 2.18. The Kier molecular flexibility index (Phi) is 7.14. The van der Waals surface area contributed by atoms with E-state index in [0.29, 0.717) is 5.56 Å². The number of carbonyl (C=O) groups is 4. The molecule has 1 fully saturated rings. The van der Waals surface area contributed by atoms with Crippen molar-refractivity contribution in [1.29, 1.82) is 0 Å². The zero-order valence-corrected chi connectivity index (χ0v) is 16.6. The Bertz CT molecular complexity index is 741. The number of urea groups is 1. The van der Waals surface area contributed by atoms with Crippen LogP contribution in [0.1, 0.15) is 49.5 Å². The summed E-state index contributed by atoms with van der Waals surface area (Å²) in [7, 11) is 0. The minimum Gasteiger partial charge on any atom is -0.451 e. The van der Waals surface area contributed by atoms with Crippen molar-refractivity contribution in [3.63, 3.8) is 0 Å². The molecule has 4 amide bonds. The molecule has 1 unspecified atom stereocenters. The first-order valence-corrected chi connectivity index (χ1v) is 9.36. The second-order valence-electron chi connectivity index (χ2n) is 7.38. The second kappa shape index (κ2) is 9.34. The highest BCUT2D eigenvalue weighted by Gasteiger charge is 2.30. The van der Waals surface area contributed by atoms with Crippen molar-refractivity contribution in [3.8, 4) is 0 Å². The van der Waals surface area contributed by atoms with Gasteiger partial charge in [0.25, 0.3) is 11.8 Å². The van der Waals surface area contributed by atoms with E-state index in [1.165, 1.54) is 6.92 Å². The van der Waals surface area contributed by atoms with Crippen molar-refractivity contribution in [3.05, 3.63) is 35.4 Å². The van der Waals surface area contributed by atoms with E-state index in [4.69, 9.17) is 4.74 Å². The van der Waals surface area contributed by atoms with Gasteiger partial charge in [-0.15, -0.1) is 0 Å². The highest BCUT2D eigenvalue weighted by molar-refractivity contribution is 5.99. The van der Waals surface area contributed by atoms with Gasteiger partial charge in [-0.2, -0.15) is 0 Å². The molecule has 2 atom stereocenters. The molecule has 1 aromatic carbocycles. The molecule has 0 saturated heterocycles. The Balaban J connectivity index is 1.91. The zero-order valence-electron chi connectivity index (χ0n) is 16.6. The molecule has 1 saturated carbocycles. The molecule has 8 nitrogen and oxygen atoms in total. The van der Waals surface area contributed by atoms with Crippen molar-refractivity contribution in [2.45, 2.75) is 58.7 Å². The summed E-state index contributed by atoms with van der Waals surface area (Å²) < 4.78 is 5.17. The molecule has 0 heterocycles. The van der Waals surface area contributed by atoms with Gasteiger partial charge in [0, 0.05) is 11.6 Å². The van der Waals surface area contributed by atoms with E-state index in [0.717, 1.165) is 18.4 Å². The molecule has 28 heavy (non-hydrogen) atoms. The molecule has 2 rings (SSSR count). The van der Waals surface area contributed by atoms with Gasteiger partial charge >= 0.3 is 12.0 Å². The van der Waals surface area contributed by atoms with Crippen molar-refractivity contribution in [2.75, 3.05) is 0 Å². The Labute approximate surface area is 164 Å². The van der Waals surface area contributed by atoms with Gasteiger partial charge in [-0.3, -0.25) is 14.9 Å². The minimum absolute atomic E-state index is 0.105. The lowest BCUT2D eigenvalue weighted by molar-refractivity contribution is -0.157. The monoisotopic (exact) mass is 389 g/mol. The van der Waals surface area contributed by atoms with Crippen molar-refractivity contribution < 1.29 is 23.9 Å². The zero-order chi connectivity index (χ0) is 20.8. The van der Waals surface area contributed by atoms with Gasteiger partial charge < -0.3 is 15.4 Å². The van der Waals surface area contributed by atoms with Gasteiger partial charge in [0.05, 0.1) is 0 Å². The lowest BCUT2D eigenvalue weighted by atomic mass is 10.0. The summed E-state index contributed by atoms with van der Waals surface area (Å²) >= 11 is 0. The summed E-state index contributed by atoms with van der Waals surface area (Å²) in [6.45, 7) is 6.80. The first kappa shape index (κ1) is 21.4. The lowest BCUT2D eigenvalue weighted by Gasteiger charge is -2.23. The molecule has 0 spiro atoms. The quantitative estimate of drug-likeness (QED) is 0.614. The largest absolute Gasteiger partial charge is 0.451 e. The summed E-state index contributed by atoms with van der Waals surface area (Å²) in [5.74, 6) is -2.12. The van der Waals surface area contributed by atoms with Crippen molar-refractivity contribution in [2.24, 2.45) is 5.92 Å². The maximum atomic E-state index is 12.5. The molecule has 0 radical (unpaired) electrons. The maximum Gasteiger partial charge on any atom is 0.329 e. The molecule has 8 heteroatoms. The summed E-state index contributed by atoms with van der Waals surface area (Å²) in [6, 6.07) is 5.51. The van der Waals surface area contributed by atoms with Crippen LogP contribution in [0.5, 0.6) is 0 Å². The number of carbonyl (C=O) groups excluding carboxylic acids is 4. The standard InChI is InChI=1S/C20H27N3O5/c1-11(2)16(22-18(25)14-7-5-12(3)6-8-14)19(26)28-13(4)17(24)23-20(27)21-15-9-10-15/h5-8,11,13,15-16H,9-10H2,1-4H3,(H,22,25)(H2,21,23,24,27)/t13?,16-/m0/s1. The predicted molar refractivity (Wildman–Crippen MR) is 103 cm³/mol.